The van der Waals surface area contributed by atoms with Gasteiger partial charge in [-0.1, -0.05) is 0 Å². The zero-order valence-corrected chi connectivity index (χ0v) is 10.6. The van der Waals surface area contributed by atoms with E-state index in [1.807, 2.05) is 0 Å². The normalized spacial score (nSPS) is 10.6. The summed E-state index contributed by atoms with van der Waals surface area (Å²) < 4.78 is 13.4. The van der Waals surface area contributed by atoms with Crippen LogP contribution in [0.3, 0.4) is 0 Å². The average Bonchev–Trinajstić information content (AvgIpc) is 3.11. The van der Waals surface area contributed by atoms with Crippen molar-refractivity contribution in [1.29, 1.82) is 0 Å². The van der Waals surface area contributed by atoms with E-state index >= 15 is 0 Å². The number of carbonyl (C=O) groups is 1. The number of hydrogen-bond acceptors (Lipinski definition) is 3. The fraction of sp³-hybridized carbons (Fsp3) is 0. The lowest BCUT2D eigenvalue weighted by molar-refractivity contribution is 0.103. The van der Waals surface area contributed by atoms with E-state index in [1.54, 1.807) is 29.9 Å². The molecule has 0 saturated carbocycles. The molecule has 0 aliphatic carbocycles. The van der Waals surface area contributed by atoms with Crippen molar-refractivity contribution in [3.05, 3.63) is 65.2 Å². The number of H-pyrrole nitrogens is 1. The summed E-state index contributed by atoms with van der Waals surface area (Å²) >= 11 is 1.37. The quantitative estimate of drug-likeness (QED) is 0.742. The monoisotopic (exact) mass is 272 g/mol. The van der Waals surface area contributed by atoms with Gasteiger partial charge < -0.3 is 4.98 Å². The average molecular weight is 272 g/mol. The smallest absolute Gasteiger partial charge is 0.209 e. The molecule has 0 unspecified atom stereocenters. The zero-order chi connectivity index (χ0) is 13.2. The van der Waals surface area contributed by atoms with Gasteiger partial charge in [-0.05, 0) is 30.3 Å². The van der Waals surface area contributed by atoms with Crippen LogP contribution in [0.4, 0.5) is 4.39 Å². The highest BCUT2D eigenvalue weighted by Crippen LogP contribution is 2.28. The second kappa shape index (κ2) is 4.78. The highest BCUT2D eigenvalue weighted by atomic mass is 32.1. The Morgan fingerprint density at radius 3 is 2.89 bits per heavy atom. The molecule has 0 bridgehead atoms. The summed E-state index contributed by atoms with van der Waals surface area (Å²) in [7, 11) is 0. The largest absolute Gasteiger partial charge is 0.359 e. The first-order valence-electron chi connectivity index (χ1n) is 5.63. The van der Waals surface area contributed by atoms with Crippen LogP contribution in [0.5, 0.6) is 0 Å². The predicted octanol–water partition coefficient (Wildman–Crippen LogP) is 3.51. The maximum absolute atomic E-state index is 13.4. The number of nitrogens with one attached hydrogen (secondary N) is 1. The maximum Gasteiger partial charge on any atom is 0.209 e. The van der Waals surface area contributed by atoms with Crippen LogP contribution in [-0.2, 0) is 0 Å². The minimum absolute atomic E-state index is 0.171. The third kappa shape index (κ3) is 2.20. The van der Waals surface area contributed by atoms with Crippen LogP contribution in [0.25, 0.3) is 10.6 Å². The summed E-state index contributed by atoms with van der Waals surface area (Å²) in [5.41, 5.74) is 1.44. The van der Waals surface area contributed by atoms with E-state index in [0.29, 0.717) is 21.8 Å². The number of aromatic nitrogens is 2. The summed E-state index contributed by atoms with van der Waals surface area (Å²) in [6.07, 6.45) is 3.31. The first kappa shape index (κ1) is 11.8. The molecule has 0 aliphatic rings. The lowest BCUT2D eigenvalue weighted by Crippen LogP contribution is -2.04. The van der Waals surface area contributed by atoms with Gasteiger partial charge in [0.25, 0.3) is 0 Å². The van der Waals surface area contributed by atoms with Crippen LogP contribution in [-0.4, -0.2) is 15.8 Å². The topological polar surface area (TPSA) is 45.8 Å². The lowest BCUT2D eigenvalue weighted by atomic mass is 10.0. The molecule has 0 aliphatic heterocycles. The van der Waals surface area contributed by atoms with E-state index in [9.17, 15) is 9.18 Å². The van der Waals surface area contributed by atoms with Crippen molar-refractivity contribution in [3.8, 4) is 10.6 Å². The Balaban J connectivity index is 2.14. The molecule has 2 aromatic heterocycles. The minimum atomic E-state index is -0.381. The van der Waals surface area contributed by atoms with E-state index in [4.69, 9.17) is 0 Å². The van der Waals surface area contributed by atoms with Crippen LogP contribution in [0.15, 0.2) is 48.1 Å². The summed E-state index contributed by atoms with van der Waals surface area (Å²) in [4.78, 5) is 19.4. The van der Waals surface area contributed by atoms with E-state index in [0.717, 1.165) is 0 Å². The Kier molecular flexibility index (Phi) is 2.97. The van der Waals surface area contributed by atoms with Crippen LogP contribution < -0.4 is 0 Å². The SMILES string of the molecule is O=C(c1ccc[nH]1)c1ccc(F)cc1-c1nccs1. The van der Waals surface area contributed by atoms with E-state index in [1.165, 1.54) is 29.5 Å². The summed E-state index contributed by atoms with van der Waals surface area (Å²) in [6.45, 7) is 0. The van der Waals surface area contributed by atoms with Gasteiger partial charge >= 0.3 is 0 Å². The van der Waals surface area contributed by atoms with E-state index < -0.39 is 0 Å². The van der Waals surface area contributed by atoms with Gasteiger partial charge in [0.15, 0.2) is 0 Å². The van der Waals surface area contributed by atoms with Crippen molar-refractivity contribution in [2.24, 2.45) is 0 Å². The number of aromatic amines is 1. The number of halogens is 1. The molecular formula is C14H9FN2OS. The van der Waals surface area contributed by atoms with Gasteiger partial charge in [-0.3, -0.25) is 4.79 Å². The highest BCUT2D eigenvalue weighted by Gasteiger charge is 2.17. The van der Waals surface area contributed by atoms with Crippen LogP contribution >= 0.6 is 11.3 Å². The van der Waals surface area contributed by atoms with Gasteiger partial charge in [0.1, 0.15) is 10.8 Å². The van der Waals surface area contributed by atoms with Crippen molar-refractivity contribution in [3.63, 3.8) is 0 Å². The highest BCUT2D eigenvalue weighted by molar-refractivity contribution is 7.13. The van der Waals surface area contributed by atoms with Crippen molar-refractivity contribution < 1.29 is 9.18 Å². The standard InChI is InChI=1S/C14H9FN2OS/c15-9-3-4-10(13(18)12-2-1-5-16-12)11(8-9)14-17-6-7-19-14/h1-8,16H. The maximum atomic E-state index is 13.4. The molecule has 0 fully saturated rings. The van der Waals surface area contributed by atoms with Crippen LogP contribution in [0, 0.1) is 5.82 Å². The molecule has 3 rings (SSSR count). The molecule has 0 saturated heterocycles. The number of ketones is 1. The number of carbonyl (C=O) groups excluding carboxylic acids is 1. The van der Waals surface area contributed by atoms with Crippen molar-refractivity contribution in [1.82, 2.24) is 9.97 Å². The summed E-state index contributed by atoms with van der Waals surface area (Å²) in [5, 5.41) is 2.43. The third-order valence-corrected chi connectivity index (χ3v) is 3.54. The Labute approximate surface area is 112 Å². The second-order valence-corrected chi connectivity index (χ2v) is 4.83. The molecule has 3 nitrogen and oxygen atoms in total. The van der Waals surface area contributed by atoms with Crippen molar-refractivity contribution >= 4 is 17.1 Å². The number of benzene rings is 1. The molecule has 0 atom stereocenters. The number of thiazole rings is 1. The third-order valence-electron chi connectivity index (χ3n) is 2.73. The fourth-order valence-electron chi connectivity index (χ4n) is 1.86. The molecule has 1 aromatic carbocycles. The molecule has 2 heterocycles. The molecule has 94 valence electrons. The molecular weight excluding hydrogens is 263 g/mol. The fourth-order valence-corrected chi connectivity index (χ4v) is 2.53. The summed E-state index contributed by atoms with van der Waals surface area (Å²) in [5.74, 6) is -0.552. The molecule has 0 radical (unpaired) electrons. The predicted molar refractivity (Wildman–Crippen MR) is 71.7 cm³/mol. The molecule has 5 heteroatoms. The second-order valence-electron chi connectivity index (χ2n) is 3.94. The zero-order valence-electron chi connectivity index (χ0n) is 9.76. The lowest BCUT2D eigenvalue weighted by Gasteiger charge is -2.05. The van der Waals surface area contributed by atoms with Gasteiger partial charge in [0.05, 0.1) is 5.69 Å². The van der Waals surface area contributed by atoms with E-state index in [-0.39, 0.29) is 11.6 Å². The van der Waals surface area contributed by atoms with Gasteiger partial charge in [-0.25, -0.2) is 9.37 Å². The molecule has 1 N–H and O–H groups in total. The molecule has 0 amide bonds. The van der Waals surface area contributed by atoms with Crippen molar-refractivity contribution in [2.45, 2.75) is 0 Å². The first-order valence-corrected chi connectivity index (χ1v) is 6.51. The Morgan fingerprint density at radius 2 is 2.21 bits per heavy atom. The molecule has 0 spiro atoms. The van der Waals surface area contributed by atoms with Crippen molar-refractivity contribution in [2.75, 3.05) is 0 Å². The van der Waals surface area contributed by atoms with Gasteiger partial charge in [0.2, 0.25) is 5.78 Å². The number of rotatable bonds is 3. The van der Waals surface area contributed by atoms with Crippen LogP contribution in [0.1, 0.15) is 16.1 Å². The number of hydrogen-bond donors (Lipinski definition) is 1. The first-order chi connectivity index (χ1) is 9.25. The van der Waals surface area contributed by atoms with Gasteiger partial charge in [-0.15, -0.1) is 11.3 Å². The van der Waals surface area contributed by atoms with Gasteiger partial charge in [-0.2, -0.15) is 0 Å². The van der Waals surface area contributed by atoms with E-state index in [2.05, 4.69) is 9.97 Å². The van der Waals surface area contributed by atoms with Gasteiger partial charge in [0, 0.05) is 28.9 Å². The molecule has 19 heavy (non-hydrogen) atoms. The summed E-state index contributed by atoms with van der Waals surface area (Å²) in [6, 6.07) is 7.56. The molecule has 3 aromatic rings. The Hall–Kier alpha value is -2.27. The Bertz CT molecular complexity index is 705. The Morgan fingerprint density at radius 1 is 1.32 bits per heavy atom. The van der Waals surface area contributed by atoms with Crippen LogP contribution in [0.2, 0.25) is 0 Å². The number of nitrogens with zero attached hydrogens (tertiary/aromatic N) is 1. The minimum Gasteiger partial charge on any atom is -0.359 e.